The van der Waals surface area contributed by atoms with Crippen molar-refractivity contribution >= 4 is 11.3 Å². The number of hydrogen-bond donors (Lipinski definition) is 1. The number of nitrogens with zero attached hydrogens (tertiary/aromatic N) is 2. The predicted octanol–water partition coefficient (Wildman–Crippen LogP) is 2.46. The van der Waals surface area contributed by atoms with Gasteiger partial charge in [-0.2, -0.15) is 0 Å². The van der Waals surface area contributed by atoms with Crippen LogP contribution in [0.4, 0.5) is 0 Å². The van der Waals surface area contributed by atoms with Crippen LogP contribution in [0.5, 0.6) is 0 Å². The zero-order chi connectivity index (χ0) is 12.8. The van der Waals surface area contributed by atoms with Crippen LogP contribution in [0, 0.1) is 0 Å². The first-order valence-electron chi connectivity index (χ1n) is 6.31. The van der Waals surface area contributed by atoms with Crippen LogP contribution in [-0.4, -0.2) is 22.8 Å². The molecule has 1 N–H and O–H groups in total. The molecule has 0 aliphatic rings. The molecule has 5 heteroatoms. The Morgan fingerprint density at radius 1 is 1.22 bits per heavy atom. The molecule has 2 rings (SSSR count). The van der Waals surface area contributed by atoms with Crippen molar-refractivity contribution in [2.75, 3.05) is 6.54 Å². The van der Waals surface area contributed by atoms with Crippen molar-refractivity contribution in [3.05, 3.63) is 34.2 Å². The van der Waals surface area contributed by atoms with Gasteiger partial charge in [0.25, 0.3) is 0 Å². The third kappa shape index (κ3) is 4.23. The van der Waals surface area contributed by atoms with E-state index in [4.69, 9.17) is 4.42 Å². The van der Waals surface area contributed by atoms with Gasteiger partial charge in [0.05, 0.1) is 6.26 Å². The number of furan rings is 1. The Morgan fingerprint density at radius 3 is 2.67 bits per heavy atom. The molecule has 0 amide bonds. The molecule has 0 atom stereocenters. The van der Waals surface area contributed by atoms with Crippen LogP contribution < -0.4 is 5.32 Å². The lowest BCUT2D eigenvalue weighted by atomic mass is 10.2. The Hall–Kier alpha value is -1.20. The quantitative estimate of drug-likeness (QED) is 0.835. The molecular formula is C13H19N3OS. The van der Waals surface area contributed by atoms with Crippen LogP contribution in [0.3, 0.4) is 0 Å². The summed E-state index contributed by atoms with van der Waals surface area (Å²) in [7, 11) is 0. The van der Waals surface area contributed by atoms with E-state index >= 15 is 0 Å². The fourth-order valence-corrected chi connectivity index (χ4v) is 2.49. The highest BCUT2D eigenvalue weighted by atomic mass is 32.1. The second-order valence-corrected chi connectivity index (χ2v) is 5.67. The molecule has 0 unspecified atom stereocenters. The molecule has 2 aromatic heterocycles. The smallest absolute Gasteiger partial charge is 0.118 e. The summed E-state index contributed by atoms with van der Waals surface area (Å²) in [5.41, 5.74) is 0. The second kappa shape index (κ2) is 6.66. The summed E-state index contributed by atoms with van der Waals surface area (Å²) in [6.07, 6.45) is 4.46. The van der Waals surface area contributed by atoms with E-state index in [-0.39, 0.29) is 0 Å². The summed E-state index contributed by atoms with van der Waals surface area (Å²) < 4.78 is 5.30. The summed E-state index contributed by atoms with van der Waals surface area (Å²) in [5, 5.41) is 14.0. The van der Waals surface area contributed by atoms with Gasteiger partial charge in [-0.15, -0.1) is 21.5 Å². The monoisotopic (exact) mass is 265 g/mol. The fraction of sp³-hybridized carbons (Fsp3) is 0.538. The third-order valence-corrected chi connectivity index (χ3v) is 3.61. The molecule has 0 saturated heterocycles. The molecule has 0 bridgehead atoms. The van der Waals surface area contributed by atoms with Gasteiger partial charge in [0.2, 0.25) is 0 Å². The SMILES string of the molecule is CC(C)NCCc1nnc(CCc2ccco2)s1. The average Bonchev–Trinajstić information content (AvgIpc) is 2.96. The molecule has 2 heterocycles. The highest BCUT2D eigenvalue weighted by Gasteiger charge is 2.05. The van der Waals surface area contributed by atoms with E-state index < -0.39 is 0 Å². The minimum Gasteiger partial charge on any atom is -0.469 e. The summed E-state index contributed by atoms with van der Waals surface area (Å²) in [4.78, 5) is 0. The van der Waals surface area contributed by atoms with Gasteiger partial charge in [0.1, 0.15) is 15.8 Å². The molecule has 18 heavy (non-hydrogen) atoms. The molecule has 4 nitrogen and oxygen atoms in total. The van der Waals surface area contributed by atoms with Crippen molar-refractivity contribution in [1.29, 1.82) is 0 Å². The molecule has 2 aromatic rings. The zero-order valence-electron chi connectivity index (χ0n) is 10.8. The van der Waals surface area contributed by atoms with Crippen LogP contribution >= 0.6 is 11.3 Å². The van der Waals surface area contributed by atoms with Crippen molar-refractivity contribution in [3.63, 3.8) is 0 Å². The summed E-state index contributed by atoms with van der Waals surface area (Å²) in [5.74, 6) is 1.01. The first kappa shape index (κ1) is 13.2. The lowest BCUT2D eigenvalue weighted by Crippen LogP contribution is -2.24. The Kier molecular flexibility index (Phi) is 4.90. The number of aromatic nitrogens is 2. The molecule has 0 aromatic carbocycles. The van der Waals surface area contributed by atoms with E-state index in [0.717, 1.165) is 41.6 Å². The van der Waals surface area contributed by atoms with Gasteiger partial charge >= 0.3 is 0 Å². The normalized spacial score (nSPS) is 11.3. The fourth-order valence-electron chi connectivity index (χ4n) is 1.64. The lowest BCUT2D eigenvalue weighted by Gasteiger charge is -2.04. The molecule has 0 saturated carbocycles. The van der Waals surface area contributed by atoms with E-state index in [1.165, 1.54) is 0 Å². The van der Waals surface area contributed by atoms with Gasteiger partial charge in [-0.05, 0) is 12.1 Å². The summed E-state index contributed by atoms with van der Waals surface area (Å²) in [6.45, 7) is 5.26. The van der Waals surface area contributed by atoms with E-state index in [1.807, 2.05) is 12.1 Å². The van der Waals surface area contributed by atoms with Crippen molar-refractivity contribution in [1.82, 2.24) is 15.5 Å². The lowest BCUT2D eigenvalue weighted by molar-refractivity contribution is 0.508. The maximum absolute atomic E-state index is 5.30. The minimum absolute atomic E-state index is 0.524. The number of nitrogens with one attached hydrogen (secondary N) is 1. The average molecular weight is 265 g/mol. The molecule has 0 aliphatic heterocycles. The number of hydrogen-bond acceptors (Lipinski definition) is 5. The van der Waals surface area contributed by atoms with Crippen LogP contribution in [0.1, 0.15) is 29.6 Å². The molecule has 0 fully saturated rings. The summed E-state index contributed by atoms with van der Waals surface area (Å²) >= 11 is 1.70. The predicted molar refractivity (Wildman–Crippen MR) is 72.9 cm³/mol. The van der Waals surface area contributed by atoms with Crippen molar-refractivity contribution < 1.29 is 4.42 Å². The highest BCUT2D eigenvalue weighted by molar-refractivity contribution is 7.11. The van der Waals surface area contributed by atoms with E-state index in [0.29, 0.717) is 6.04 Å². The van der Waals surface area contributed by atoms with Crippen LogP contribution in [-0.2, 0) is 19.3 Å². The van der Waals surface area contributed by atoms with Gasteiger partial charge in [-0.1, -0.05) is 13.8 Å². The highest BCUT2D eigenvalue weighted by Crippen LogP contribution is 2.13. The van der Waals surface area contributed by atoms with Gasteiger partial charge in [-0.3, -0.25) is 0 Å². The number of rotatable bonds is 7. The number of aryl methyl sites for hydroxylation is 2. The molecular weight excluding hydrogens is 246 g/mol. The first-order chi connectivity index (χ1) is 8.74. The Morgan fingerprint density at radius 2 is 2.00 bits per heavy atom. The molecule has 0 spiro atoms. The summed E-state index contributed by atoms with van der Waals surface area (Å²) in [6, 6.07) is 4.43. The van der Waals surface area contributed by atoms with Crippen molar-refractivity contribution in [3.8, 4) is 0 Å². The van der Waals surface area contributed by atoms with Crippen LogP contribution in [0.15, 0.2) is 22.8 Å². The zero-order valence-corrected chi connectivity index (χ0v) is 11.7. The molecule has 0 aliphatic carbocycles. The standard InChI is InChI=1S/C13H19N3OS/c1-10(2)14-8-7-13-16-15-12(18-13)6-5-11-4-3-9-17-11/h3-4,9-10,14H,5-8H2,1-2H3. The maximum Gasteiger partial charge on any atom is 0.118 e. The third-order valence-electron chi connectivity index (χ3n) is 2.57. The van der Waals surface area contributed by atoms with Crippen LogP contribution in [0.2, 0.25) is 0 Å². The molecule has 0 radical (unpaired) electrons. The Labute approximate surface area is 111 Å². The van der Waals surface area contributed by atoms with Crippen molar-refractivity contribution in [2.24, 2.45) is 0 Å². The Bertz CT molecular complexity index is 451. The van der Waals surface area contributed by atoms with E-state index in [9.17, 15) is 0 Å². The topological polar surface area (TPSA) is 51.0 Å². The first-order valence-corrected chi connectivity index (χ1v) is 7.12. The van der Waals surface area contributed by atoms with Gasteiger partial charge in [0, 0.05) is 31.8 Å². The van der Waals surface area contributed by atoms with Gasteiger partial charge in [-0.25, -0.2) is 0 Å². The second-order valence-electron chi connectivity index (χ2n) is 4.53. The van der Waals surface area contributed by atoms with Crippen LogP contribution in [0.25, 0.3) is 0 Å². The molecule has 98 valence electrons. The van der Waals surface area contributed by atoms with E-state index in [2.05, 4.69) is 29.4 Å². The maximum atomic E-state index is 5.30. The Balaban J connectivity index is 1.75. The van der Waals surface area contributed by atoms with E-state index in [1.54, 1.807) is 17.6 Å². The largest absolute Gasteiger partial charge is 0.469 e. The van der Waals surface area contributed by atoms with Gasteiger partial charge < -0.3 is 9.73 Å². The minimum atomic E-state index is 0.524. The van der Waals surface area contributed by atoms with Crippen molar-refractivity contribution in [2.45, 2.75) is 39.2 Å². The van der Waals surface area contributed by atoms with Gasteiger partial charge in [0.15, 0.2) is 0 Å².